The van der Waals surface area contributed by atoms with Crippen LogP contribution in [0, 0.1) is 0 Å². The average molecular weight is 391 g/mol. The van der Waals surface area contributed by atoms with Crippen LogP contribution >= 0.6 is 0 Å². The number of nitrogens with two attached hydrogens (primary N) is 1. The average Bonchev–Trinajstić information content (AvgIpc) is 2.40. The molecule has 2 N–H and O–H groups in total. The van der Waals surface area contributed by atoms with Crippen LogP contribution in [0.4, 0.5) is 26.3 Å². The molecule has 1 atom stereocenters. The molecule has 0 aliphatic heterocycles. The summed E-state index contributed by atoms with van der Waals surface area (Å²) >= 11 is 0. The quantitative estimate of drug-likeness (QED) is 0.756. The lowest BCUT2D eigenvalue weighted by Gasteiger charge is -2.20. The second-order valence-corrected chi connectivity index (χ2v) is 7.71. The molecule has 0 radical (unpaired) electrons. The highest BCUT2D eigenvalue weighted by Crippen LogP contribution is 2.38. The number of primary amides is 1. The first-order valence-electron chi connectivity index (χ1n) is 6.91. The number of hydrogen-bond donors (Lipinski definition) is 1. The van der Waals surface area contributed by atoms with Crippen LogP contribution in [0.25, 0.3) is 0 Å². The van der Waals surface area contributed by atoms with Crippen molar-refractivity contribution >= 4 is 15.7 Å². The zero-order chi connectivity index (χ0) is 19.6. The monoisotopic (exact) mass is 391 g/mol. The second-order valence-electron chi connectivity index (χ2n) is 5.53. The van der Waals surface area contributed by atoms with E-state index in [0.717, 1.165) is 18.2 Å². The predicted molar refractivity (Wildman–Crippen MR) is 77.7 cm³/mol. The largest absolute Gasteiger partial charge is 0.417 e. The molecule has 142 valence electrons. The van der Waals surface area contributed by atoms with Gasteiger partial charge in [-0.2, -0.15) is 26.3 Å². The zero-order valence-corrected chi connectivity index (χ0v) is 13.7. The number of carbonyl (C=O) groups excluding carboxylic acids is 1. The van der Waals surface area contributed by atoms with E-state index in [1.165, 1.54) is 6.92 Å². The van der Waals surface area contributed by atoms with Gasteiger partial charge in [0.1, 0.15) is 5.75 Å². The smallest absolute Gasteiger partial charge is 0.366 e. The van der Waals surface area contributed by atoms with Crippen molar-refractivity contribution in [3.63, 3.8) is 0 Å². The van der Waals surface area contributed by atoms with Gasteiger partial charge in [0.15, 0.2) is 9.84 Å². The third-order valence-electron chi connectivity index (χ3n) is 3.42. The fourth-order valence-corrected chi connectivity index (χ4v) is 3.69. The van der Waals surface area contributed by atoms with Crippen LogP contribution in [-0.2, 0) is 16.0 Å². The highest BCUT2D eigenvalue weighted by atomic mass is 32.2. The lowest BCUT2D eigenvalue weighted by molar-refractivity contribution is -0.138. The Morgan fingerprint density at radius 2 is 1.72 bits per heavy atom. The molecule has 0 aliphatic rings. The molecule has 1 rings (SSSR count). The molecule has 25 heavy (non-hydrogen) atoms. The van der Waals surface area contributed by atoms with E-state index in [2.05, 4.69) is 0 Å². The fourth-order valence-electron chi connectivity index (χ4n) is 2.34. The van der Waals surface area contributed by atoms with Crippen LogP contribution < -0.4 is 5.73 Å². The van der Waals surface area contributed by atoms with Crippen molar-refractivity contribution in [3.8, 4) is 0 Å². The minimum Gasteiger partial charge on any atom is -0.366 e. The highest BCUT2D eigenvalue weighted by Gasteiger charge is 2.39. The van der Waals surface area contributed by atoms with E-state index in [1.807, 2.05) is 0 Å². The maximum Gasteiger partial charge on any atom is 0.417 e. The first kappa shape index (κ1) is 21.3. The molecule has 0 fully saturated rings. The van der Waals surface area contributed by atoms with Gasteiger partial charge in [0.05, 0.1) is 16.9 Å². The van der Waals surface area contributed by atoms with Crippen LogP contribution in [0.1, 0.15) is 40.7 Å². The zero-order valence-electron chi connectivity index (χ0n) is 12.9. The van der Waals surface area contributed by atoms with Gasteiger partial charge in [-0.3, -0.25) is 4.79 Å². The number of amides is 1. The highest BCUT2D eigenvalue weighted by molar-refractivity contribution is 7.91. The Kier molecular flexibility index (Phi) is 6.14. The molecule has 1 aromatic rings. The molecule has 0 bridgehead atoms. The first-order chi connectivity index (χ1) is 11.1. The van der Waals surface area contributed by atoms with Gasteiger partial charge < -0.3 is 5.73 Å². The molecular formula is C14H15F6NO3S. The van der Waals surface area contributed by atoms with Gasteiger partial charge >= 0.3 is 12.4 Å². The number of hydrogen-bond acceptors (Lipinski definition) is 3. The summed E-state index contributed by atoms with van der Waals surface area (Å²) in [7, 11) is -4.52. The molecule has 0 heterocycles. The molecule has 0 aromatic heterocycles. The molecule has 1 aromatic carbocycles. The predicted octanol–water partition coefficient (Wildman–Crippen LogP) is 3.28. The van der Waals surface area contributed by atoms with E-state index in [4.69, 9.17) is 5.73 Å². The van der Waals surface area contributed by atoms with Crippen LogP contribution in [0.5, 0.6) is 0 Å². The lowest BCUT2D eigenvalue weighted by atomic mass is 9.90. The van der Waals surface area contributed by atoms with Crippen molar-refractivity contribution in [2.45, 2.75) is 31.6 Å². The topological polar surface area (TPSA) is 77.2 Å². The fraction of sp³-hybridized carbons (Fsp3) is 0.500. The number of alkyl halides is 6. The first-order valence-corrected chi connectivity index (χ1v) is 8.73. The van der Waals surface area contributed by atoms with E-state index in [9.17, 15) is 39.6 Å². The summed E-state index contributed by atoms with van der Waals surface area (Å²) in [6, 6.07) is 3.06. The van der Waals surface area contributed by atoms with Crippen molar-refractivity contribution in [1.82, 2.24) is 0 Å². The Hall–Kier alpha value is -1.78. The van der Waals surface area contributed by atoms with Gasteiger partial charge in [-0.1, -0.05) is 19.1 Å². The standard InChI is InChI=1S/C14H15F6NO3S/c1-8(5-6-25(23,24)7-13(15,16)17)9-3-2-4-10(12(21)22)11(9)14(18,19)20/h2-4,8H,5-7H2,1H3,(H2,21,22)/t8-/m1/s1. The summed E-state index contributed by atoms with van der Waals surface area (Å²) in [5.74, 6) is -5.35. The number of carbonyl (C=O) groups is 1. The van der Waals surface area contributed by atoms with E-state index in [-0.39, 0.29) is 0 Å². The van der Waals surface area contributed by atoms with Crippen LogP contribution in [-0.4, -0.2) is 32.0 Å². The van der Waals surface area contributed by atoms with Crippen molar-refractivity contribution in [2.75, 3.05) is 11.5 Å². The van der Waals surface area contributed by atoms with Crippen molar-refractivity contribution in [2.24, 2.45) is 5.73 Å². The van der Waals surface area contributed by atoms with E-state index < -0.39 is 68.6 Å². The van der Waals surface area contributed by atoms with E-state index in [0.29, 0.717) is 0 Å². The van der Waals surface area contributed by atoms with E-state index in [1.54, 1.807) is 0 Å². The van der Waals surface area contributed by atoms with Crippen LogP contribution in [0.2, 0.25) is 0 Å². The third-order valence-corrected chi connectivity index (χ3v) is 5.05. The summed E-state index contributed by atoms with van der Waals surface area (Å²) in [5.41, 5.74) is 2.45. The summed E-state index contributed by atoms with van der Waals surface area (Å²) in [6.45, 7) is 1.23. The van der Waals surface area contributed by atoms with Crippen molar-refractivity contribution < 1.29 is 39.6 Å². The molecular weight excluding hydrogens is 376 g/mol. The van der Waals surface area contributed by atoms with Gasteiger partial charge in [-0.25, -0.2) is 8.42 Å². The molecule has 0 saturated carbocycles. The third kappa shape index (κ3) is 6.22. The van der Waals surface area contributed by atoms with Gasteiger partial charge in [0, 0.05) is 0 Å². The SMILES string of the molecule is C[C@H](CCS(=O)(=O)CC(F)(F)F)c1cccc(C(N)=O)c1C(F)(F)F. The molecule has 0 saturated heterocycles. The summed E-state index contributed by atoms with van der Waals surface area (Å²) in [6.07, 6.45) is -10.3. The number of rotatable bonds is 6. The van der Waals surface area contributed by atoms with Gasteiger partial charge in [-0.15, -0.1) is 0 Å². The number of halogens is 6. The molecule has 1 amide bonds. The van der Waals surface area contributed by atoms with Crippen LogP contribution in [0.3, 0.4) is 0 Å². The van der Waals surface area contributed by atoms with Crippen molar-refractivity contribution in [3.05, 3.63) is 34.9 Å². The van der Waals surface area contributed by atoms with Crippen molar-refractivity contribution in [1.29, 1.82) is 0 Å². The summed E-state index contributed by atoms with van der Waals surface area (Å²) in [4.78, 5) is 11.2. The maximum absolute atomic E-state index is 13.3. The Morgan fingerprint density at radius 1 is 1.16 bits per heavy atom. The molecule has 11 heteroatoms. The maximum atomic E-state index is 13.3. The van der Waals surface area contributed by atoms with Crippen LogP contribution in [0.15, 0.2) is 18.2 Å². The van der Waals surface area contributed by atoms with Gasteiger partial charge in [0.2, 0.25) is 5.91 Å². The van der Waals surface area contributed by atoms with Gasteiger partial charge in [0.25, 0.3) is 0 Å². The normalized spacial score (nSPS) is 14.4. The van der Waals surface area contributed by atoms with E-state index >= 15 is 0 Å². The summed E-state index contributed by atoms with van der Waals surface area (Å²) in [5, 5.41) is 0. The number of sulfone groups is 1. The molecule has 4 nitrogen and oxygen atoms in total. The Bertz CT molecular complexity index is 740. The molecule has 0 spiro atoms. The molecule has 0 aliphatic carbocycles. The van der Waals surface area contributed by atoms with Gasteiger partial charge in [-0.05, 0) is 24.0 Å². The molecule has 0 unspecified atom stereocenters. The minimum atomic E-state index is -4.93. The summed E-state index contributed by atoms with van der Waals surface area (Å²) < 4.78 is 99.1. The Morgan fingerprint density at radius 3 is 2.16 bits per heavy atom. The Labute approximate surface area is 139 Å². The minimum absolute atomic E-state index is 0.397. The Balaban J connectivity index is 3.13. The lowest BCUT2D eigenvalue weighted by Crippen LogP contribution is -2.26. The second kappa shape index (κ2) is 7.22. The number of benzene rings is 1.